The monoisotopic (exact) mass is 227 g/mol. The molecule has 5 nitrogen and oxygen atoms in total. The van der Waals surface area contributed by atoms with Gasteiger partial charge in [-0.1, -0.05) is 6.92 Å². The highest BCUT2D eigenvalue weighted by Gasteiger charge is 2.23. The summed E-state index contributed by atoms with van der Waals surface area (Å²) >= 11 is 0. The molecular weight excluding hydrogens is 210 g/mol. The molecule has 0 saturated carbocycles. The Labute approximate surface area is 94.6 Å². The molecule has 0 amide bonds. The van der Waals surface area contributed by atoms with Gasteiger partial charge in [-0.05, 0) is 12.8 Å². The lowest BCUT2D eigenvalue weighted by Gasteiger charge is -2.11. The van der Waals surface area contributed by atoms with Crippen molar-refractivity contribution in [3.05, 3.63) is 0 Å². The van der Waals surface area contributed by atoms with Crippen LogP contribution in [0.25, 0.3) is 0 Å². The molecule has 0 saturated heterocycles. The van der Waals surface area contributed by atoms with E-state index in [-0.39, 0.29) is 12.8 Å². The van der Waals surface area contributed by atoms with Gasteiger partial charge in [-0.15, -0.1) is 11.8 Å². The molecule has 2 atom stereocenters. The van der Waals surface area contributed by atoms with Gasteiger partial charge >= 0.3 is 11.9 Å². The number of rotatable bonds is 6. The van der Waals surface area contributed by atoms with Crippen molar-refractivity contribution in [2.45, 2.75) is 38.6 Å². The molecule has 0 aliphatic heterocycles. The summed E-state index contributed by atoms with van der Waals surface area (Å²) in [6.45, 7) is 1.98. The fourth-order valence-corrected chi connectivity index (χ4v) is 1.09. The van der Waals surface area contributed by atoms with Gasteiger partial charge in [0.2, 0.25) is 0 Å². The van der Waals surface area contributed by atoms with Crippen molar-refractivity contribution >= 4 is 11.9 Å². The van der Waals surface area contributed by atoms with Crippen LogP contribution in [0.15, 0.2) is 0 Å². The van der Waals surface area contributed by atoms with Gasteiger partial charge in [0.05, 0.1) is 5.92 Å². The topological polar surface area (TPSA) is 101 Å². The van der Waals surface area contributed by atoms with E-state index in [9.17, 15) is 9.59 Å². The first kappa shape index (κ1) is 14.5. The van der Waals surface area contributed by atoms with E-state index in [1.807, 2.05) is 6.92 Å². The number of hydrogen-bond donors (Lipinski definition) is 3. The van der Waals surface area contributed by atoms with Gasteiger partial charge in [0.15, 0.2) is 0 Å². The highest BCUT2D eigenvalue weighted by molar-refractivity contribution is 5.76. The smallest absolute Gasteiger partial charge is 0.320 e. The zero-order valence-corrected chi connectivity index (χ0v) is 9.27. The van der Waals surface area contributed by atoms with E-state index in [1.165, 1.54) is 0 Å². The van der Waals surface area contributed by atoms with Gasteiger partial charge in [0.1, 0.15) is 6.04 Å². The number of unbranched alkanes of at least 4 members (excludes halogenated alkanes) is 1. The Balaban J connectivity index is 4.25. The second-order valence-corrected chi connectivity index (χ2v) is 3.52. The van der Waals surface area contributed by atoms with Crippen LogP contribution in [0.5, 0.6) is 0 Å². The average Bonchev–Trinajstić information content (AvgIpc) is 2.21. The summed E-state index contributed by atoms with van der Waals surface area (Å²) in [6, 6.07) is -1.14. The molecule has 5 heteroatoms. The van der Waals surface area contributed by atoms with Crippen molar-refractivity contribution in [2.24, 2.45) is 11.7 Å². The zero-order valence-electron chi connectivity index (χ0n) is 9.27. The van der Waals surface area contributed by atoms with Crippen molar-refractivity contribution < 1.29 is 19.8 Å². The SMILES string of the molecule is CCCC#CC[C@@H](C[C@H](N)C(=O)O)C(=O)O. The van der Waals surface area contributed by atoms with E-state index in [2.05, 4.69) is 11.8 Å². The first-order chi connectivity index (χ1) is 7.49. The molecule has 0 aliphatic carbocycles. The minimum absolute atomic E-state index is 0.0918. The summed E-state index contributed by atoms with van der Waals surface area (Å²) in [5, 5.41) is 17.4. The molecule has 4 N–H and O–H groups in total. The molecule has 0 aromatic heterocycles. The molecule has 16 heavy (non-hydrogen) atoms. The zero-order chi connectivity index (χ0) is 12.6. The third-order valence-electron chi connectivity index (χ3n) is 2.05. The number of carbonyl (C=O) groups is 2. The van der Waals surface area contributed by atoms with E-state index < -0.39 is 23.9 Å². The standard InChI is InChI=1S/C11H17NO4/c1-2-3-4-5-6-8(10(13)14)7-9(12)11(15)16/h8-9H,2-3,6-7,12H2,1H3,(H,13,14)(H,15,16)/t8-,9-/m0/s1. The fourth-order valence-electron chi connectivity index (χ4n) is 1.09. The van der Waals surface area contributed by atoms with Crippen molar-refractivity contribution in [3.8, 4) is 11.8 Å². The summed E-state index contributed by atoms with van der Waals surface area (Å²) in [5.74, 6) is 2.50. The van der Waals surface area contributed by atoms with Crippen LogP contribution in [0.3, 0.4) is 0 Å². The average molecular weight is 227 g/mol. The Kier molecular flexibility index (Phi) is 6.97. The largest absolute Gasteiger partial charge is 0.481 e. The van der Waals surface area contributed by atoms with Crippen LogP contribution >= 0.6 is 0 Å². The molecule has 0 bridgehead atoms. The van der Waals surface area contributed by atoms with Crippen LogP contribution in [-0.4, -0.2) is 28.2 Å². The molecule has 0 unspecified atom stereocenters. The van der Waals surface area contributed by atoms with E-state index in [1.54, 1.807) is 0 Å². The normalized spacial score (nSPS) is 13.4. The first-order valence-electron chi connectivity index (χ1n) is 5.16. The number of hydrogen-bond acceptors (Lipinski definition) is 3. The predicted octanol–water partition coefficient (Wildman–Crippen LogP) is 0.683. The summed E-state index contributed by atoms with van der Waals surface area (Å²) in [5.41, 5.74) is 5.27. The first-order valence-corrected chi connectivity index (χ1v) is 5.16. The van der Waals surface area contributed by atoms with Crippen LogP contribution in [0, 0.1) is 17.8 Å². The van der Waals surface area contributed by atoms with Gasteiger partial charge in [-0.25, -0.2) is 0 Å². The van der Waals surface area contributed by atoms with Gasteiger partial charge in [0, 0.05) is 12.8 Å². The minimum Gasteiger partial charge on any atom is -0.481 e. The number of carboxylic acid groups (broad SMARTS) is 2. The van der Waals surface area contributed by atoms with Crippen molar-refractivity contribution in [2.75, 3.05) is 0 Å². The maximum absolute atomic E-state index is 10.8. The lowest BCUT2D eigenvalue weighted by atomic mass is 9.97. The van der Waals surface area contributed by atoms with Gasteiger partial charge in [-0.2, -0.15) is 0 Å². The Bertz CT molecular complexity index is 303. The summed E-state index contributed by atoms with van der Waals surface area (Å²) in [4.78, 5) is 21.3. The number of aliphatic carboxylic acids is 2. The summed E-state index contributed by atoms with van der Waals surface area (Å²) in [6.07, 6.45) is 1.69. The maximum atomic E-state index is 10.8. The molecule has 0 radical (unpaired) electrons. The van der Waals surface area contributed by atoms with E-state index in [4.69, 9.17) is 15.9 Å². The second kappa shape index (κ2) is 7.71. The number of carboxylic acids is 2. The van der Waals surface area contributed by atoms with Crippen LogP contribution < -0.4 is 5.73 Å². The van der Waals surface area contributed by atoms with E-state index in [0.29, 0.717) is 0 Å². The molecule has 0 spiro atoms. The lowest BCUT2D eigenvalue weighted by Crippen LogP contribution is -2.34. The third kappa shape index (κ3) is 6.04. The quantitative estimate of drug-likeness (QED) is 0.579. The van der Waals surface area contributed by atoms with Crippen LogP contribution in [0.4, 0.5) is 0 Å². The van der Waals surface area contributed by atoms with E-state index in [0.717, 1.165) is 12.8 Å². The number of nitrogens with two attached hydrogens (primary N) is 1. The lowest BCUT2D eigenvalue weighted by molar-refractivity contribution is -0.143. The van der Waals surface area contributed by atoms with Crippen molar-refractivity contribution in [1.82, 2.24) is 0 Å². The van der Waals surface area contributed by atoms with Crippen molar-refractivity contribution in [3.63, 3.8) is 0 Å². The molecular formula is C11H17NO4. The fraction of sp³-hybridized carbons (Fsp3) is 0.636. The van der Waals surface area contributed by atoms with E-state index >= 15 is 0 Å². The van der Waals surface area contributed by atoms with Gasteiger partial charge < -0.3 is 15.9 Å². The summed E-state index contributed by atoms with van der Waals surface area (Å²) in [7, 11) is 0. The van der Waals surface area contributed by atoms with Crippen molar-refractivity contribution in [1.29, 1.82) is 0 Å². The predicted molar refractivity (Wildman–Crippen MR) is 58.7 cm³/mol. The minimum atomic E-state index is -1.19. The highest BCUT2D eigenvalue weighted by Crippen LogP contribution is 2.10. The Morgan fingerprint density at radius 3 is 2.31 bits per heavy atom. The maximum Gasteiger partial charge on any atom is 0.320 e. The molecule has 0 rings (SSSR count). The summed E-state index contributed by atoms with van der Waals surface area (Å²) < 4.78 is 0. The van der Waals surface area contributed by atoms with Gasteiger partial charge in [0.25, 0.3) is 0 Å². The Morgan fingerprint density at radius 2 is 1.88 bits per heavy atom. The highest BCUT2D eigenvalue weighted by atomic mass is 16.4. The molecule has 0 aliphatic rings. The Hall–Kier alpha value is -1.54. The van der Waals surface area contributed by atoms with Crippen LogP contribution in [0.1, 0.15) is 32.6 Å². The third-order valence-corrected chi connectivity index (χ3v) is 2.05. The molecule has 0 heterocycles. The second-order valence-electron chi connectivity index (χ2n) is 3.52. The molecule has 0 fully saturated rings. The Morgan fingerprint density at radius 1 is 1.25 bits per heavy atom. The molecule has 0 aromatic carbocycles. The molecule has 0 aromatic rings. The van der Waals surface area contributed by atoms with Gasteiger partial charge in [-0.3, -0.25) is 9.59 Å². The van der Waals surface area contributed by atoms with Crippen LogP contribution in [0.2, 0.25) is 0 Å². The molecule has 90 valence electrons. The van der Waals surface area contributed by atoms with Crippen LogP contribution in [-0.2, 0) is 9.59 Å².